The number of rotatable bonds is 5. The number of fused-ring (bicyclic) bond motifs is 1. The Balaban J connectivity index is 1.38. The molecule has 1 unspecified atom stereocenters. The van der Waals surface area contributed by atoms with Gasteiger partial charge in [0.15, 0.2) is 5.84 Å². The Kier molecular flexibility index (Phi) is 4.96. The second-order valence-electron chi connectivity index (χ2n) is 9.74. The number of hydrogen-bond donors (Lipinski definition) is 1. The van der Waals surface area contributed by atoms with Crippen molar-refractivity contribution in [1.82, 2.24) is 14.5 Å². The van der Waals surface area contributed by atoms with Gasteiger partial charge in [-0.2, -0.15) is 0 Å². The van der Waals surface area contributed by atoms with Crippen LogP contribution in [0.5, 0.6) is 5.75 Å². The molecule has 1 aromatic heterocycles. The minimum absolute atomic E-state index is 0.136. The van der Waals surface area contributed by atoms with Gasteiger partial charge in [0, 0.05) is 18.3 Å². The molecule has 35 heavy (non-hydrogen) atoms. The third-order valence-electron chi connectivity index (χ3n) is 7.32. The average Bonchev–Trinajstić information content (AvgIpc) is 3.28. The average molecular weight is 475 g/mol. The number of nitrogens with zero attached hydrogens (tertiary/aromatic N) is 4. The molecule has 0 amide bonds. The molecule has 1 atom stereocenters. The summed E-state index contributed by atoms with van der Waals surface area (Å²) in [4.78, 5) is 12.3. The molecule has 1 aliphatic carbocycles. The van der Waals surface area contributed by atoms with Gasteiger partial charge in [-0.05, 0) is 85.2 Å². The van der Waals surface area contributed by atoms with E-state index in [2.05, 4.69) is 21.1 Å². The molecular formula is C27H27FN4O3. The number of ether oxygens (including phenoxy) is 1. The molecule has 1 saturated carbocycles. The summed E-state index contributed by atoms with van der Waals surface area (Å²) < 4.78 is 21.2. The van der Waals surface area contributed by atoms with Crippen LogP contribution in [0.3, 0.4) is 0 Å². The number of aryl methyl sites for hydroxylation is 1. The van der Waals surface area contributed by atoms with E-state index in [1.807, 2.05) is 35.9 Å². The second-order valence-corrected chi connectivity index (χ2v) is 9.74. The van der Waals surface area contributed by atoms with Crippen molar-refractivity contribution in [2.45, 2.75) is 31.9 Å². The number of piperidine rings is 1. The zero-order valence-corrected chi connectivity index (χ0v) is 19.7. The van der Waals surface area contributed by atoms with Gasteiger partial charge >= 0.3 is 0 Å². The topological polar surface area (TPSA) is 72.1 Å². The van der Waals surface area contributed by atoms with Crippen molar-refractivity contribution < 1.29 is 19.1 Å². The Hall–Kier alpha value is -3.65. The lowest BCUT2D eigenvalue weighted by Crippen LogP contribution is -2.53. The first-order valence-electron chi connectivity index (χ1n) is 11.8. The van der Waals surface area contributed by atoms with Gasteiger partial charge in [-0.3, -0.25) is 0 Å². The van der Waals surface area contributed by atoms with E-state index in [0.717, 1.165) is 54.1 Å². The van der Waals surface area contributed by atoms with E-state index in [-0.39, 0.29) is 17.8 Å². The molecule has 3 heterocycles. The molecule has 8 heteroatoms. The summed E-state index contributed by atoms with van der Waals surface area (Å²) in [6.45, 7) is 2.40. The molecule has 180 valence electrons. The number of aliphatic hydroxyl groups excluding tert-OH is 1. The Morgan fingerprint density at radius 2 is 2.00 bits per heavy atom. The van der Waals surface area contributed by atoms with Crippen LogP contribution < -0.4 is 4.74 Å². The molecule has 6 rings (SSSR count). The monoisotopic (exact) mass is 474 g/mol. The largest absolute Gasteiger partial charge is 0.495 e. The lowest BCUT2D eigenvalue weighted by molar-refractivity contribution is -0.141. The number of methoxy groups -OCH3 is 1. The normalized spacial score (nSPS) is 23.3. The summed E-state index contributed by atoms with van der Waals surface area (Å²) in [5, 5.41) is 14.9. The summed E-state index contributed by atoms with van der Waals surface area (Å²) >= 11 is 0. The van der Waals surface area contributed by atoms with Gasteiger partial charge in [0.2, 0.25) is 0 Å². The van der Waals surface area contributed by atoms with E-state index in [0.29, 0.717) is 11.4 Å². The summed E-state index contributed by atoms with van der Waals surface area (Å²) in [6.07, 6.45) is 8.97. The fraction of sp³-hybridized carbons (Fsp3) is 0.333. The van der Waals surface area contributed by atoms with Gasteiger partial charge in [-0.15, -0.1) is 0 Å². The maximum absolute atomic E-state index is 13.6. The van der Waals surface area contributed by atoms with Crippen LogP contribution in [0.2, 0.25) is 0 Å². The van der Waals surface area contributed by atoms with Crippen molar-refractivity contribution in [1.29, 1.82) is 0 Å². The van der Waals surface area contributed by atoms with E-state index in [1.54, 1.807) is 25.6 Å². The predicted molar refractivity (Wildman–Crippen MR) is 130 cm³/mol. The predicted octanol–water partition coefficient (Wildman–Crippen LogP) is 4.39. The summed E-state index contributed by atoms with van der Waals surface area (Å²) in [7, 11) is 1.66. The van der Waals surface area contributed by atoms with E-state index >= 15 is 0 Å². The van der Waals surface area contributed by atoms with Crippen LogP contribution in [0, 0.1) is 18.2 Å². The lowest BCUT2D eigenvalue weighted by Gasteiger charge is -2.42. The number of imidazole rings is 1. The van der Waals surface area contributed by atoms with E-state index in [9.17, 15) is 9.50 Å². The summed E-state index contributed by atoms with van der Waals surface area (Å²) in [5.41, 5.74) is 3.55. The van der Waals surface area contributed by atoms with E-state index < -0.39 is 5.72 Å². The quantitative estimate of drug-likeness (QED) is 0.594. The lowest BCUT2D eigenvalue weighted by atomic mass is 9.86. The molecule has 0 radical (unpaired) electrons. The van der Waals surface area contributed by atoms with Crippen LogP contribution in [0.4, 0.5) is 4.39 Å². The maximum atomic E-state index is 13.6. The van der Waals surface area contributed by atoms with E-state index in [4.69, 9.17) is 9.57 Å². The van der Waals surface area contributed by atoms with Crippen LogP contribution in [-0.4, -0.2) is 45.7 Å². The molecule has 2 fully saturated rings. The molecular weight excluding hydrogens is 447 g/mol. The number of amidine groups is 1. The Labute approximate surface area is 203 Å². The van der Waals surface area contributed by atoms with Crippen molar-refractivity contribution >= 4 is 11.9 Å². The molecule has 3 aromatic rings. The summed E-state index contributed by atoms with van der Waals surface area (Å²) in [6, 6.07) is 12.2. The van der Waals surface area contributed by atoms with Crippen LogP contribution in [-0.2, 0) is 10.6 Å². The number of aromatic nitrogens is 2. The fourth-order valence-corrected chi connectivity index (χ4v) is 5.20. The Bertz CT molecular complexity index is 1340. The number of halogens is 1. The standard InChI is InChI=1S/C27H27FN4O3/c1-18-14-31(17-29-18)23-8-3-19(12-24(23)34-2)11-20-13-26(9-10-26)15-32-25(20)30-35-27(32,16-33)21-4-6-22(28)7-5-21/h3-8,11-12,14,17,33H,9-10,13,15-16H2,1-2H3/b20-11+. The minimum Gasteiger partial charge on any atom is -0.495 e. The van der Waals surface area contributed by atoms with Crippen LogP contribution >= 0.6 is 0 Å². The van der Waals surface area contributed by atoms with Crippen molar-refractivity contribution in [3.05, 3.63) is 83.2 Å². The number of oxime groups is 1. The van der Waals surface area contributed by atoms with Gasteiger partial charge in [0.05, 0.1) is 24.8 Å². The fourth-order valence-electron chi connectivity index (χ4n) is 5.20. The highest BCUT2D eigenvalue weighted by molar-refractivity contribution is 6.04. The molecule has 1 saturated heterocycles. The van der Waals surface area contributed by atoms with Gasteiger partial charge in [-0.25, -0.2) is 9.37 Å². The van der Waals surface area contributed by atoms with Gasteiger partial charge in [-0.1, -0.05) is 11.2 Å². The molecule has 3 aliphatic rings. The summed E-state index contributed by atoms with van der Waals surface area (Å²) in [5.74, 6) is 1.13. The minimum atomic E-state index is -1.15. The molecule has 2 aromatic carbocycles. The second kappa shape index (κ2) is 7.95. The number of benzene rings is 2. The van der Waals surface area contributed by atoms with Crippen LogP contribution in [0.25, 0.3) is 11.8 Å². The zero-order chi connectivity index (χ0) is 24.2. The van der Waals surface area contributed by atoms with Crippen molar-refractivity contribution in [3.63, 3.8) is 0 Å². The van der Waals surface area contributed by atoms with Crippen molar-refractivity contribution in [3.8, 4) is 11.4 Å². The van der Waals surface area contributed by atoms with Crippen LogP contribution in [0.15, 0.2) is 65.7 Å². The zero-order valence-electron chi connectivity index (χ0n) is 19.7. The van der Waals surface area contributed by atoms with Gasteiger partial charge in [0.1, 0.15) is 18.2 Å². The van der Waals surface area contributed by atoms with Crippen LogP contribution in [0.1, 0.15) is 36.1 Å². The SMILES string of the molecule is COc1cc(/C=C2\CC3(CC3)CN3C2=NOC3(CO)c2ccc(F)cc2)ccc1-n1cnc(C)c1. The highest BCUT2D eigenvalue weighted by Crippen LogP contribution is 2.57. The van der Waals surface area contributed by atoms with Crippen molar-refractivity contribution in [2.75, 3.05) is 20.3 Å². The van der Waals surface area contributed by atoms with E-state index in [1.165, 1.54) is 12.1 Å². The first-order chi connectivity index (χ1) is 16.9. The maximum Gasteiger partial charge on any atom is 0.260 e. The molecule has 0 bridgehead atoms. The van der Waals surface area contributed by atoms with Crippen molar-refractivity contribution in [2.24, 2.45) is 10.6 Å². The number of hydrogen-bond acceptors (Lipinski definition) is 6. The Morgan fingerprint density at radius 1 is 1.20 bits per heavy atom. The van der Waals surface area contributed by atoms with Gasteiger partial charge < -0.3 is 24.1 Å². The Morgan fingerprint density at radius 3 is 2.66 bits per heavy atom. The molecule has 1 N–H and O–H groups in total. The third kappa shape index (κ3) is 3.60. The first kappa shape index (κ1) is 21.9. The van der Waals surface area contributed by atoms with Gasteiger partial charge in [0.25, 0.3) is 5.72 Å². The third-order valence-corrected chi connectivity index (χ3v) is 7.32. The molecule has 7 nitrogen and oxygen atoms in total. The molecule has 1 spiro atoms. The highest BCUT2D eigenvalue weighted by Gasteiger charge is 2.57. The highest BCUT2D eigenvalue weighted by atomic mass is 19.1. The smallest absolute Gasteiger partial charge is 0.260 e. The first-order valence-corrected chi connectivity index (χ1v) is 11.8. The number of aliphatic hydroxyl groups is 1. The molecule has 2 aliphatic heterocycles.